The van der Waals surface area contributed by atoms with Crippen LogP contribution >= 0.6 is 0 Å². The Morgan fingerprint density at radius 2 is 1.76 bits per heavy atom. The maximum absolute atomic E-state index is 12.9. The van der Waals surface area contributed by atoms with Crippen LogP contribution in [0, 0.1) is 13.8 Å². The first-order chi connectivity index (χ1) is 15.9. The Hall–Kier alpha value is -3.81. The van der Waals surface area contributed by atoms with Crippen LogP contribution in [-0.2, 0) is 6.54 Å². The molecule has 3 N–H and O–H groups in total. The molecule has 1 aliphatic heterocycles. The van der Waals surface area contributed by atoms with Gasteiger partial charge in [0.05, 0.1) is 16.8 Å². The lowest BCUT2D eigenvalue weighted by Crippen LogP contribution is -2.38. The van der Waals surface area contributed by atoms with Crippen molar-refractivity contribution in [2.45, 2.75) is 39.2 Å². The van der Waals surface area contributed by atoms with Crippen molar-refractivity contribution in [3.63, 3.8) is 0 Å². The van der Waals surface area contributed by atoms with Crippen LogP contribution in [0.25, 0.3) is 0 Å². The number of hydrogen-bond donors (Lipinski definition) is 2. The average Bonchev–Trinajstić information content (AvgIpc) is 2.83. The second-order valence-corrected chi connectivity index (χ2v) is 8.32. The van der Waals surface area contributed by atoms with Crippen LogP contribution in [0.2, 0.25) is 0 Å². The number of benzene rings is 1. The number of nitrogens with two attached hydrogens (primary N) is 1. The third-order valence-corrected chi connectivity index (χ3v) is 6.02. The number of amides is 2. The number of piperidine rings is 1. The van der Waals surface area contributed by atoms with Crippen molar-refractivity contribution in [2.24, 2.45) is 0 Å². The molecule has 3 aromatic rings. The number of likely N-dealkylation sites (tertiary alicyclic amines) is 1. The van der Waals surface area contributed by atoms with Crippen molar-refractivity contribution in [2.75, 3.05) is 18.8 Å². The van der Waals surface area contributed by atoms with E-state index in [9.17, 15) is 9.59 Å². The average molecular weight is 445 g/mol. The van der Waals surface area contributed by atoms with Crippen molar-refractivity contribution in [1.82, 2.24) is 25.2 Å². The van der Waals surface area contributed by atoms with Crippen LogP contribution in [0.1, 0.15) is 62.3 Å². The molecule has 1 fully saturated rings. The third-order valence-electron chi connectivity index (χ3n) is 6.02. The Kier molecular flexibility index (Phi) is 6.63. The van der Waals surface area contributed by atoms with Crippen LogP contribution < -0.4 is 11.1 Å². The molecule has 1 saturated heterocycles. The predicted molar refractivity (Wildman–Crippen MR) is 126 cm³/mol. The summed E-state index contributed by atoms with van der Waals surface area (Å²) in [5, 5.41) is 2.88. The van der Waals surface area contributed by atoms with Gasteiger partial charge in [-0.2, -0.15) is 0 Å². The van der Waals surface area contributed by atoms with E-state index in [4.69, 9.17) is 5.73 Å². The minimum Gasteiger partial charge on any atom is -0.383 e. The Bertz CT molecular complexity index is 1160. The zero-order valence-electron chi connectivity index (χ0n) is 18.9. The molecule has 4 rings (SSSR count). The number of aryl methyl sites for hydroxylation is 2. The highest BCUT2D eigenvalue weighted by Gasteiger charge is 2.27. The molecule has 0 bridgehead atoms. The third kappa shape index (κ3) is 5.16. The summed E-state index contributed by atoms with van der Waals surface area (Å²) in [5.74, 6) is 0.788. The fraction of sp³-hybridized carbons (Fsp3) is 0.320. The maximum Gasteiger partial charge on any atom is 0.257 e. The number of pyridine rings is 1. The Morgan fingerprint density at radius 3 is 2.42 bits per heavy atom. The highest BCUT2D eigenvalue weighted by Crippen LogP contribution is 2.29. The fourth-order valence-electron chi connectivity index (χ4n) is 4.13. The van der Waals surface area contributed by atoms with Gasteiger partial charge in [-0.3, -0.25) is 9.59 Å². The van der Waals surface area contributed by atoms with E-state index in [1.807, 2.05) is 55.1 Å². The van der Waals surface area contributed by atoms with Gasteiger partial charge in [-0.25, -0.2) is 15.0 Å². The normalized spacial score (nSPS) is 14.2. The summed E-state index contributed by atoms with van der Waals surface area (Å²) in [5.41, 5.74) is 9.62. The number of anilines is 1. The summed E-state index contributed by atoms with van der Waals surface area (Å²) in [7, 11) is 0. The first kappa shape index (κ1) is 22.4. The lowest BCUT2D eigenvalue weighted by Gasteiger charge is -2.32. The van der Waals surface area contributed by atoms with Crippen molar-refractivity contribution in [1.29, 1.82) is 0 Å². The number of aromatic nitrogens is 3. The summed E-state index contributed by atoms with van der Waals surface area (Å²) in [4.78, 5) is 40.2. The molecule has 1 aliphatic rings. The first-order valence-electron chi connectivity index (χ1n) is 11.1. The zero-order chi connectivity index (χ0) is 23.4. The number of carbonyl (C=O) groups is 2. The molecule has 0 aliphatic carbocycles. The van der Waals surface area contributed by atoms with Crippen LogP contribution in [0.15, 0.2) is 48.7 Å². The van der Waals surface area contributed by atoms with E-state index in [1.54, 1.807) is 12.3 Å². The summed E-state index contributed by atoms with van der Waals surface area (Å²) < 4.78 is 0. The van der Waals surface area contributed by atoms with Gasteiger partial charge in [-0.1, -0.05) is 30.3 Å². The minimum absolute atomic E-state index is 0.0381. The molecule has 0 unspecified atom stereocenters. The van der Waals surface area contributed by atoms with Gasteiger partial charge in [-0.05, 0) is 44.4 Å². The Labute approximate surface area is 193 Å². The highest BCUT2D eigenvalue weighted by molar-refractivity contribution is 5.98. The van der Waals surface area contributed by atoms with Gasteiger partial charge in [0, 0.05) is 37.4 Å². The lowest BCUT2D eigenvalue weighted by atomic mass is 9.92. The van der Waals surface area contributed by atoms with Gasteiger partial charge in [-0.15, -0.1) is 0 Å². The molecule has 170 valence electrons. The molecule has 0 radical (unpaired) electrons. The molecule has 1 aromatic carbocycles. The number of nitrogen functional groups attached to an aromatic ring is 1. The second-order valence-electron chi connectivity index (χ2n) is 8.32. The quantitative estimate of drug-likeness (QED) is 0.625. The lowest BCUT2D eigenvalue weighted by molar-refractivity contribution is 0.0710. The summed E-state index contributed by atoms with van der Waals surface area (Å²) in [6.07, 6.45) is 3.17. The van der Waals surface area contributed by atoms with Crippen molar-refractivity contribution in [3.8, 4) is 0 Å². The Balaban J connectivity index is 1.36. The highest BCUT2D eigenvalue weighted by atomic mass is 16.2. The molecule has 2 amide bonds. The smallest absolute Gasteiger partial charge is 0.257 e. The molecule has 8 nitrogen and oxygen atoms in total. The number of carbonyl (C=O) groups excluding carboxylic acids is 2. The summed E-state index contributed by atoms with van der Waals surface area (Å²) >= 11 is 0. The van der Waals surface area contributed by atoms with Crippen molar-refractivity contribution >= 4 is 17.6 Å². The molecular weight excluding hydrogens is 416 g/mol. The van der Waals surface area contributed by atoms with E-state index in [0.717, 1.165) is 24.1 Å². The number of hydrogen-bond acceptors (Lipinski definition) is 6. The van der Waals surface area contributed by atoms with Gasteiger partial charge < -0.3 is 16.0 Å². The number of nitrogens with zero attached hydrogens (tertiary/aromatic N) is 4. The molecule has 2 aromatic heterocycles. The van der Waals surface area contributed by atoms with Crippen LogP contribution in [0.5, 0.6) is 0 Å². The summed E-state index contributed by atoms with van der Waals surface area (Å²) in [6.45, 7) is 5.32. The standard InChI is InChI=1S/C25H28N6O2/c1-16-21(15-27-17(2)29-16)25(33)31-12-10-19(11-13-31)22-9-8-20(23(26)30-22)24(32)28-14-18-6-4-3-5-7-18/h3-9,15,19H,10-14H2,1-2H3,(H2,26,30)(H,28,32). The van der Waals surface area contributed by atoms with Crippen molar-refractivity contribution < 1.29 is 9.59 Å². The summed E-state index contributed by atoms with van der Waals surface area (Å²) in [6, 6.07) is 13.3. The second kappa shape index (κ2) is 9.77. The largest absolute Gasteiger partial charge is 0.383 e. The minimum atomic E-state index is -0.244. The zero-order valence-corrected chi connectivity index (χ0v) is 18.9. The first-order valence-corrected chi connectivity index (χ1v) is 11.1. The van der Waals surface area contributed by atoms with Crippen LogP contribution in [0.4, 0.5) is 5.82 Å². The SMILES string of the molecule is Cc1ncc(C(=O)N2CCC(c3ccc(C(=O)NCc4ccccc4)c(N)n3)CC2)c(C)n1. The fourth-order valence-corrected chi connectivity index (χ4v) is 4.13. The number of nitrogens with one attached hydrogen (secondary N) is 1. The molecule has 0 spiro atoms. The van der Waals surface area contributed by atoms with E-state index in [0.29, 0.717) is 42.3 Å². The monoisotopic (exact) mass is 444 g/mol. The molecule has 8 heteroatoms. The molecule has 33 heavy (non-hydrogen) atoms. The number of rotatable bonds is 5. The molecule has 0 atom stereocenters. The van der Waals surface area contributed by atoms with Gasteiger partial charge in [0.25, 0.3) is 11.8 Å². The van der Waals surface area contributed by atoms with Gasteiger partial charge in [0.15, 0.2) is 0 Å². The van der Waals surface area contributed by atoms with E-state index in [1.165, 1.54) is 0 Å². The van der Waals surface area contributed by atoms with E-state index in [2.05, 4.69) is 20.3 Å². The molecule has 3 heterocycles. The molecule has 0 saturated carbocycles. The van der Waals surface area contributed by atoms with Crippen LogP contribution in [-0.4, -0.2) is 44.8 Å². The van der Waals surface area contributed by atoms with Gasteiger partial charge in [0.1, 0.15) is 11.6 Å². The van der Waals surface area contributed by atoms with Crippen LogP contribution in [0.3, 0.4) is 0 Å². The van der Waals surface area contributed by atoms with E-state index < -0.39 is 0 Å². The maximum atomic E-state index is 12.9. The van der Waals surface area contributed by atoms with Crippen molar-refractivity contribution in [3.05, 3.63) is 82.6 Å². The topological polar surface area (TPSA) is 114 Å². The molecular formula is C25H28N6O2. The van der Waals surface area contributed by atoms with E-state index >= 15 is 0 Å². The van der Waals surface area contributed by atoms with E-state index in [-0.39, 0.29) is 23.6 Å². The van der Waals surface area contributed by atoms with Gasteiger partial charge in [0.2, 0.25) is 0 Å². The Morgan fingerprint density at radius 1 is 1.03 bits per heavy atom. The predicted octanol–water partition coefficient (Wildman–Crippen LogP) is 3.02. The van der Waals surface area contributed by atoms with Gasteiger partial charge >= 0.3 is 0 Å².